The number of halogens is 5. The lowest BCUT2D eigenvalue weighted by Gasteiger charge is -2.07. The normalized spacial score (nSPS) is 11.6. The average Bonchev–Trinajstić information content (AvgIpc) is 2.15. The van der Waals surface area contributed by atoms with E-state index in [0.29, 0.717) is 4.47 Å². The molecule has 0 amide bonds. The van der Waals surface area contributed by atoms with Gasteiger partial charge in [0.2, 0.25) is 5.78 Å². The van der Waals surface area contributed by atoms with Crippen LogP contribution in [0.15, 0.2) is 22.7 Å². The SMILES string of the molecule is O=C(CCc1c(F)cccc1Br)C(F)(F)F. The predicted molar refractivity (Wildman–Crippen MR) is 53.5 cm³/mol. The van der Waals surface area contributed by atoms with E-state index < -0.39 is 24.2 Å². The van der Waals surface area contributed by atoms with Gasteiger partial charge in [-0.1, -0.05) is 22.0 Å². The number of carbonyl (C=O) groups is 1. The molecule has 0 atom stereocenters. The molecule has 0 aliphatic heterocycles. The number of carbonyl (C=O) groups excluding carboxylic acids is 1. The molecule has 0 fully saturated rings. The summed E-state index contributed by atoms with van der Waals surface area (Å²) in [6, 6.07) is 4.07. The minimum Gasteiger partial charge on any atom is -0.290 e. The van der Waals surface area contributed by atoms with Gasteiger partial charge in [-0.05, 0) is 18.6 Å². The minimum absolute atomic E-state index is 0.0834. The van der Waals surface area contributed by atoms with Gasteiger partial charge in [0, 0.05) is 16.5 Å². The first-order valence-corrected chi connectivity index (χ1v) is 5.14. The molecule has 0 heterocycles. The van der Waals surface area contributed by atoms with Crippen LogP contribution in [0.4, 0.5) is 17.6 Å². The lowest BCUT2D eigenvalue weighted by atomic mass is 10.1. The molecule has 0 unspecified atom stereocenters. The highest BCUT2D eigenvalue weighted by Gasteiger charge is 2.37. The van der Waals surface area contributed by atoms with Crippen LogP contribution in [0.2, 0.25) is 0 Å². The smallest absolute Gasteiger partial charge is 0.290 e. The van der Waals surface area contributed by atoms with E-state index in [9.17, 15) is 22.4 Å². The first-order chi connectivity index (χ1) is 7.32. The summed E-state index contributed by atoms with van der Waals surface area (Å²) < 4.78 is 49.2. The Bertz CT molecular complexity index is 380. The second-order valence-electron chi connectivity index (χ2n) is 3.12. The molecule has 0 aliphatic rings. The summed E-state index contributed by atoms with van der Waals surface area (Å²) >= 11 is 3.02. The van der Waals surface area contributed by atoms with Gasteiger partial charge in [0.1, 0.15) is 5.82 Å². The van der Waals surface area contributed by atoms with Crippen molar-refractivity contribution >= 4 is 21.7 Å². The number of ketones is 1. The molecule has 0 saturated heterocycles. The second-order valence-corrected chi connectivity index (χ2v) is 3.98. The van der Waals surface area contributed by atoms with Crippen molar-refractivity contribution in [2.45, 2.75) is 19.0 Å². The van der Waals surface area contributed by atoms with Crippen LogP contribution in [0.5, 0.6) is 0 Å². The van der Waals surface area contributed by atoms with Crippen molar-refractivity contribution in [3.8, 4) is 0 Å². The lowest BCUT2D eigenvalue weighted by molar-refractivity contribution is -0.171. The zero-order valence-corrected chi connectivity index (χ0v) is 9.53. The number of Topliss-reactive ketones (excluding diaryl/α,β-unsaturated/α-hetero) is 1. The quantitative estimate of drug-likeness (QED) is 0.779. The Balaban J connectivity index is 2.73. The standard InChI is InChI=1S/C10H7BrF4O/c11-7-2-1-3-8(12)6(7)4-5-9(16)10(13,14)15/h1-3H,4-5H2. The monoisotopic (exact) mass is 298 g/mol. The van der Waals surface area contributed by atoms with Crippen LogP contribution in [0, 0.1) is 5.82 Å². The third kappa shape index (κ3) is 3.30. The highest BCUT2D eigenvalue weighted by atomic mass is 79.9. The molecule has 16 heavy (non-hydrogen) atoms. The highest BCUT2D eigenvalue weighted by molar-refractivity contribution is 9.10. The first-order valence-electron chi connectivity index (χ1n) is 4.35. The van der Waals surface area contributed by atoms with Gasteiger partial charge in [0.15, 0.2) is 0 Å². The maximum absolute atomic E-state index is 13.2. The average molecular weight is 299 g/mol. The summed E-state index contributed by atoms with van der Waals surface area (Å²) in [7, 11) is 0. The Morgan fingerprint density at radius 3 is 2.44 bits per heavy atom. The maximum atomic E-state index is 13.2. The third-order valence-electron chi connectivity index (χ3n) is 1.98. The summed E-state index contributed by atoms with van der Waals surface area (Å²) in [5.41, 5.74) is 0.0834. The molecule has 88 valence electrons. The van der Waals surface area contributed by atoms with Gasteiger partial charge in [0.05, 0.1) is 0 Å². The van der Waals surface area contributed by atoms with Crippen molar-refractivity contribution in [1.82, 2.24) is 0 Å². The van der Waals surface area contributed by atoms with Gasteiger partial charge in [-0.3, -0.25) is 4.79 Å². The van der Waals surface area contributed by atoms with Crippen molar-refractivity contribution in [1.29, 1.82) is 0 Å². The fraction of sp³-hybridized carbons (Fsp3) is 0.300. The number of benzene rings is 1. The van der Waals surface area contributed by atoms with E-state index in [1.165, 1.54) is 12.1 Å². The van der Waals surface area contributed by atoms with Crippen molar-refractivity contribution < 1.29 is 22.4 Å². The van der Waals surface area contributed by atoms with Crippen molar-refractivity contribution in [2.75, 3.05) is 0 Å². The van der Waals surface area contributed by atoms with E-state index in [1.54, 1.807) is 0 Å². The zero-order chi connectivity index (χ0) is 12.3. The molecule has 0 N–H and O–H groups in total. The van der Waals surface area contributed by atoms with Gasteiger partial charge >= 0.3 is 6.18 Å². The molecule has 1 nitrogen and oxygen atoms in total. The van der Waals surface area contributed by atoms with E-state index in [2.05, 4.69) is 15.9 Å². The van der Waals surface area contributed by atoms with Gasteiger partial charge in [-0.25, -0.2) is 4.39 Å². The molecule has 6 heteroatoms. The zero-order valence-electron chi connectivity index (χ0n) is 7.94. The number of hydrogen-bond donors (Lipinski definition) is 0. The Morgan fingerprint density at radius 1 is 1.31 bits per heavy atom. The minimum atomic E-state index is -4.85. The number of alkyl halides is 3. The molecule has 1 aromatic carbocycles. The fourth-order valence-corrected chi connectivity index (χ4v) is 1.69. The van der Waals surface area contributed by atoms with Gasteiger partial charge in [0.25, 0.3) is 0 Å². The molecule has 0 bridgehead atoms. The van der Waals surface area contributed by atoms with E-state index in [0.717, 1.165) is 6.07 Å². The summed E-state index contributed by atoms with van der Waals surface area (Å²) in [4.78, 5) is 10.6. The first kappa shape index (κ1) is 13.2. The Labute approximate surface area is 97.6 Å². The molecule has 0 saturated carbocycles. The van der Waals surface area contributed by atoms with E-state index in [4.69, 9.17) is 0 Å². The summed E-state index contributed by atoms with van der Waals surface area (Å²) in [6.07, 6.45) is -5.87. The van der Waals surface area contributed by atoms with Crippen LogP contribution >= 0.6 is 15.9 Å². The lowest BCUT2D eigenvalue weighted by Crippen LogP contribution is -2.23. The molecular formula is C10H7BrF4O. The van der Waals surface area contributed by atoms with Crippen molar-refractivity contribution in [3.63, 3.8) is 0 Å². The van der Waals surface area contributed by atoms with E-state index in [-0.39, 0.29) is 12.0 Å². The van der Waals surface area contributed by atoms with Gasteiger partial charge in [-0.2, -0.15) is 13.2 Å². The fourth-order valence-electron chi connectivity index (χ4n) is 1.15. The summed E-state index contributed by atoms with van der Waals surface area (Å²) in [5, 5.41) is 0. The maximum Gasteiger partial charge on any atom is 0.449 e. The Hall–Kier alpha value is -0.910. The highest BCUT2D eigenvalue weighted by Crippen LogP contribution is 2.24. The molecule has 0 spiro atoms. The molecule has 1 rings (SSSR count). The summed E-state index contributed by atoms with van der Waals surface area (Å²) in [6.45, 7) is 0. The summed E-state index contributed by atoms with van der Waals surface area (Å²) in [5.74, 6) is -2.47. The molecule has 0 aromatic heterocycles. The van der Waals surface area contributed by atoms with Crippen molar-refractivity contribution in [3.05, 3.63) is 34.1 Å². The van der Waals surface area contributed by atoms with Crippen LogP contribution in [-0.2, 0) is 11.2 Å². The van der Waals surface area contributed by atoms with Gasteiger partial charge < -0.3 is 0 Å². The topological polar surface area (TPSA) is 17.1 Å². The van der Waals surface area contributed by atoms with Crippen LogP contribution in [-0.4, -0.2) is 12.0 Å². The Morgan fingerprint density at radius 2 is 1.94 bits per heavy atom. The van der Waals surface area contributed by atoms with E-state index in [1.807, 2.05) is 0 Å². The third-order valence-corrected chi connectivity index (χ3v) is 2.72. The molecular weight excluding hydrogens is 292 g/mol. The van der Waals surface area contributed by atoms with Crippen LogP contribution in [0.1, 0.15) is 12.0 Å². The largest absolute Gasteiger partial charge is 0.449 e. The molecule has 0 aliphatic carbocycles. The Kier molecular flexibility index (Phi) is 4.07. The van der Waals surface area contributed by atoms with Crippen molar-refractivity contribution in [2.24, 2.45) is 0 Å². The van der Waals surface area contributed by atoms with Gasteiger partial charge in [-0.15, -0.1) is 0 Å². The van der Waals surface area contributed by atoms with Crippen LogP contribution < -0.4 is 0 Å². The molecule has 1 aromatic rings. The molecule has 0 radical (unpaired) electrons. The van der Waals surface area contributed by atoms with Crippen LogP contribution in [0.25, 0.3) is 0 Å². The van der Waals surface area contributed by atoms with E-state index >= 15 is 0 Å². The second kappa shape index (κ2) is 4.95. The number of hydrogen-bond acceptors (Lipinski definition) is 1. The predicted octanol–water partition coefficient (Wildman–Crippen LogP) is 3.65. The van der Waals surface area contributed by atoms with Crippen LogP contribution in [0.3, 0.4) is 0 Å². The number of rotatable bonds is 3.